The standard InChI is InChI=1S/C25H23FN6O2S/c1-15-12-16(2)29-25(28-15)35-14-18-8-10-19(11-9-18)23(33)30-31-24(34)20-13-27-32(17(20)3)22-7-5-4-6-21(22)26/h4-13H,14H2,1-3H3,(H,30,33)(H,31,34). The summed E-state index contributed by atoms with van der Waals surface area (Å²) in [5, 5.41) is 4.81. The van der Waals surface area contributed by atoms with Crippen molar-refractivity contribution in [1.82, 2.24) is 30.6 Å². The fraction of sp³-hybridized carbons (Fsp3) is 0.160. The van der Waals surface area contributed by atoms with Crippen LogP contribution in [-0.2, 0) is 5.75 Å². The molecule has 0 spiro atoms. The maximum atomic E-state index is 14.1. The molecule has 0 aliphatic heterocycles. The third-order valence-electron chi connectivity index (χ3n) is 5.17. The number of amides is 2. The Morgan fingerprint density at radius 1 is 0.943 bits per heavy atom. The van der Waals surface area contributed by atoms with Crippen molar-refractivity contribution >= 4 is 23.6 Å². The quantitative estimate of drug-likeness (QED) is 0.240. The van der Waals surface area contributed by atoms with E-state index >= 15 is 0 Å². The summed E-state index contributed by atoms with van der Waals surface area (Å²) in [6, 6.07) is 15.1. The van der Waals surface area contributed by atoms with Crippen molar-refractivity contribution in [2.75, 3.05) is 0 Å². The number of nitrogens with zero attached hydrogens (tertiary/aromatic N) is 4. The molecule has 0 saturated heterocycles. The van der Waals surface area contributed by atoms with E-state index in [4.69, 9.17) is 0 Å². The number of benzene rings is 2. The highest BCUT2D eigenvalue weighted by Crippen LogP contribution is 2.20. The number of carbonyl (C=O) groups excluding carboxylic acids is 2. The second kappa shape index (κ2) is 10.5. The highest BCUT2D eigenvalue weighted by Gasteiger charge is 2.17. The maximum Gasteiger partial charge on any atom is 0.273 e. The van der Waals surface area contributed by atoms with Gasteiger partial charge >= 0.3 is 0 Å². The Kier molecular flexibility index (Phi) is 7.21. The number of para-hydroxylation sites is 1. The molecule has 2 amide bonds. The third-order valence-corrected chi connectivity index (χ3v) is 6.09. The van der Waals surface area contributed by atoms with E-state index in [0.717, 1.165) is 17.0 Å². The van der Waals surface area contributed by atoms with E-state index in [9.17, 15) is 14.0 Å². The third kappa shape index (κ3) is 5.72. The molecule has 35 heavy (non-hydrogen) atoms. The molecule has 0 unspecified atom stereocenters. The molecule has 0 aliphatic rings. The van der Waals surface area contributed by atoms with E-state index in [1.165, 1.54) is 28.7 Å². The number of aryl methyl sites for hydroxylation is 2. The number of aromatic nitrogens is 4. The summed E-state index contributed by atoms with van der Waals surface area (Å²) in [6.45, 7) is 5.51. The van der Waals surface area contributed by atoms with Gasteiger partial charge in [0.15, 0.2) is 5.16 Å². The fourth-order valence-corrected chi connectivity index (χ4v) is 4.32. The van der Waals surface area contributed by atoms with E-state index in [-0.39, 0.29) is 11.3 Å². The van der Waals surface area contributed by atoms with Gasteiger partial charge in [-0.2, -0.15) is 5.10 Å². The van der Waals surface area contributed by atoms with Crippen molar-refractivity contribution in [2.45, 2.75) is 31.7 Å². The predicted molar refractivity (Wildman–Crippen MR) is 131 cm³/mol. The number of rotatable bonds is 6. The van der Waals surface area contributed by atoms with Gasteiger partial charge in [-0.1, -0.05) is 36.0 Å². The number of hydrogen-bond donors (Lipinski definition) is 2. The lowest BCUT2D eigenvalue weighted by Crippen LogP contribution is -2.41. The van der Waals surface area contributed by atoms with Crippen LogP contribution in [0.2, 0.25) is 0 Å². The van der Waals surface area contributed by atoms with Gasteiger partial charge in [0.1, 0.15) is 11.5 Å². The molecular weight excluding hydrogens is 467 g/mol. The summed E-state index contributed by atoms with van der Waals surface area (Å²) in [5.41, 5.74) is 8.91. The van der Waals surface area contributed by atoms with Gasteiger partial charge in [0, 0.05) is 22.7 Å². The summed E-state index contributed by atoms with van der Waals surface area (Å²) >= 11 is 1.52. The van der Waals surface area contributed by atoms with Gasteiger partial charge in [-0.15, -0.1) is 0 Å². The van der Waals surface area contributed by atoms with Crippen molar-refractivity contribution in [2.24, 2.45) is 0 Å². The Bertz CT molecular complexity index is 1370. The Hall–Kier alpha value is -4.05. The van der Waals surface area contributed by atoms with Crippen LogP contribution in [0.1, 0.15) is 43.4 Å². The van der Waals surface area contributed by atoms with Gasteiger partial charge in [-0.3, -0.25) is 20.4 Å². The van der Waals surface area contributed by atoms with Crippen molar-refractivity contribution in [1.29, 1.82) is 0 Å². The molecule has 0 bridgehead atoms. The van der Waals surface area contributed by atoms with E-state index in [1.54, 1.807) is 37.3 Å². The van der Waals surface area contributed by atoms with Crippen LogP contribution in [0.25, 0.3) is 5.69 Å². The molecule has 0 radical (unpaired) electrons. The van der Waals surface area contributed by atoms with E-state index in [0.29, 0.717) is 22.2 Å². The van der Waals surface area contributed by atoms with Crippen LogP contribution in [-0.4, -0.2) is 31.6 Å². The molecule has 8 nitrogen and oxygen atoms in total. The Labute approximate surface area is 206 Å². The highest BCUT2D eigenvalue weighted by molar-refractivity contribution is 7.98. The molecule has 4 aromatic rings. The average molecular weight is 491 g/mol. The number of hydrogen-bond acceptors (Lipinski definition) is 6. The molecule has 178 valence electrons. The van der Waals surface area contributed by atoms with Gasteiger partial charge in [0.05, 0.1) is 17.5 Å². The minimum absolute atomic E-state index is 0.217. The molecule has 2 aromatic carbocycles. The Morgan fingerprint density at radius 2 is 1.60 bits per heavy atom. The normalized spacial score (nSPS) is 10.7. The smallest absolute Gasteiger partial charge is 0.267 e. The highest BCUT2D eigenvalue weighted by atomic mass is 32.2. The van der Waals surface area contributed by atoms with E-state index in [2.05, 4.69) is 25.9 Å². The number of carbonyl (C=O) groups is 2. The number of nitrogens with one attached hydrogen (secondary N) is 2. The average Bonchev–Trinajstić information content (AvgIpc) is 3.22. The van der Waals surface area contributed by atoms with E-state index in [1.807, 2.05) is 32.0 Å². The summed E-state index contributed by atoms with van der Waals surface area (Å²) in [7, 11) is 0. The van der Waals surface area contributed by atoms with Gasteiger partial charge in [-0.05, 0) is 56.7 Å². The fourth-order valence-electron chi connectivity index (χ4n) is 3.41. The first-order valence-corrected chi connectivity index (χ1v) is 11.7. The zero-order valence-corrected chi connectivity index (χ0v) is 20.2. The SMILES string of the molecule is Cc1cc(C)nc(SCc2ccc(C(=O)NNC(=O)c3cnn(-c4ccccc4F)c3C)cc2)n1. The zero-order chi connectivity index (χ0) is 24.9. The molecule has 2 N–H and O–H groups in total. The minimum atomic E-state index is -0.556. The summed E-state index contributed by atoms with van der Waals surface area (Å²) in [5.74, 6) is -0.816. The number of thioether (sulfide) groups is 1. The van der Waals surface area contributed by atoms with Crippen LogP contribution in [0.4, 0.5) is 4.39 Å². The number of halogens is 1. The van der Waals surface area contributed by atoms with Gasteiger partial charge < -0.3 is 0 Å². The zero-order valence-electron chi connectivity index (χ0n) is 19.4. The molecule has 0 saturated carbocycles. The maximum absolute atomic E-state index is 14.1. The topological polar surface area (TPSA) is 102 Å². The summed E-state index contributed by atoms with van der Waals surface area (Å²) in [6.07, 6.45) is 1.33. The molecule has 0 fully saturated rings. The Morgan fingerprint density at radius 3 is 2.29 bits per heavy atom. The lowest BCUT2D eigenvalue weighted by atomic mass is 10.1. The predicted octanol–water partition coefficient (Wildman–Crippen LogP) is 4.09. The summed E-state index contributed by atoms with van der Waals surface area (Å²) in [4.78, 5) is 33.9. The monoisotopic (exact) mass is 490 g/mol. The summed E-state index contributed by atoms with van der Waals surface area (Å²) < 4.78 is 15.4. The first-order valence-electron chi connectivity index (χ1n) is 10.8. The Balaban J connectivity index is 1.34. The van der Waals surface area contributed by atoms with Crippen LogP contribution in [0.15, 0.2) is 66.0 Å². The lowest BCUT2D eigenvalue weighted by molar-refractivity contribution is 0.0846. The van der Waals surface area contributed by atoms with Crippen LogP contribution in [0, 0.1) is 26.6 Å². The van der Waals surface area contributed by atoms with Crippen LogP contribution < -0.4 is 10.9 Å². The first kappa shape index (κ1) is 24.1. The van der Waals surface area contributed by atoms with E-state index < -0.39 is 17.6 Å². The molecule has 0 aliphatic carbocycles. The minimum Gasteiger partial charge on any atom is -0.267 e. The molecular formula is C25H23FN6O2S. The molecule has 4 rings (SSSR count). The molecule has 10 heteroatoms. The molecule has 0 atom stereocenters. The first-order chi connectivity index (χ1) is 16.8. The van der Waals surface area contributed by atoms with Gasteiger partial charge in [0.2, 0.25) is 0 Å². The van der Waals surface area contributed by atoms with Crippen LogP contribution >= 0.6 is 11.8 Å². The largest absolute Gasteiger partial charge is 0.273 e. The van der Waals surface area contributed by atoms with Gasteiger partial charge in [-0.25, -0.2) is 19.0 Å². The second-order valence-corrected chi connectivity index (χ2v) is 8.78. The van der Waals surface area contributed by atoms with Gasteiger partial charge in [0.25, 0.3) is 11.8 Å². The van der Waals surface area contributed by atoms with Crippen LogP contribution in [0.5, 0.6) is 0 Å². The molecule has 2 aromatic heterocycles. The number of hydrazine groups is 1. The second-order valence-electron chi connectivity index (χ2n) is 7.83. The lowest BCUT2D eigenvalue weighted by Gasteiger charge is -2.09. The molecule has 2 heterocycles. The van der Waals surface area contributed by atoms with Crippen molar-refractivity contribution < 1.29 is 14.0 Å². The van der Waals surface area contributed by atoms with Crippen molar-refractivity contribution in [3.63, 3.8) is 0 Å². The van der Waals surface area contributed by atoms with Crippen LogP contribution in [0.3, 0.4) is 0 Å². The van der Waals surface area contributed by atoms with Crippen molar-refractivity contribution in [3.8, 4) is 5.69 Å². The van der Waals surface area contributed by atoms with Crippen molar-refractivity contribution in [3.05, 3.63) is 100 Å².